The highest BCUT2D eigenvalue weighted by molar-refractivity contribution is 5.94. The Morgan fingerprint density at radius 3 is 2.31 bits per heavy atom. The van der Waals surface area contributed by atoms with Gasteiger partial charge in [-0.1, -0.05) is 57.2 Å². The van der Waals surface area contributed by atoms with Crippen molar-refractivity contribution >= 4 is 17.3 Å². The Labute approximate surface area is 156 Å². The molecule has 2 aromatic carbocycles. The number of nitrogens with one attached hydrogen (secondary N) is 1. The predicted molar refractivity (Wildman–Crippen MR) is 108 cm³/mol. The topological polar surface area (TPSA) is 35.6 Å². The Hall–Kier alpha value is -2.33. The van der Waals surface area contributed by atoms with E-state index in [0.717, 1.165) is 38.4 Å². The molecular weight excluding hydrogens is 322 g/mol. The molecule has 2 aromatic rings. The van der Waals surface area contributed by atoms with Crippen LogP contribution in [0.1, 0.15) is 26.3 Å². The Balaban J connectivity index is 1.57. The SMILES string of the molecule is CC(C)(C)C(=O)Nc1cccc(N2CCN(Cc3ccccc3)CC2)c1. The van der Waals surface area contributed by atoms with Crippen molar-refractivity contribution in [2.75, 3.05) is 36.4 Å². The number of hydrogen-bond acceptors (Lipinski definition) is 3. The molecule has 4 heteroatoms. The molecule has 1 aliphatic heterocycles. The van der Waals surface area contributed by atoms with Gasteiger partial charge in [0, 0.05) is 49.5 Å². The quantitative estimate of drug-likeness (QED) is 0.904. The van der Waals surface area contributed by atoms with Crippen molar-refractivity contribution in [3.8, 4) is 0 Å². The van der Waals surface area contributed by atoms with Gasteiger partial charge in [-0.25, -0.2) is 0 Å². The fourth-order valence-electron chi connectivity index (χ4n) is 3.10. The number of anilines is 2. The van der Waals surface area contributed by atoms with Gasteiger partial charge in [-0.05, 0) is 23.8 Å². The smallest absolute Gasteiger partial charge is 0.229 e. The molecule has 0 spiro atoms. The summed E-state index contributed by atoms with van der Waals surface area (Å²) in [4.78, 5) is 17.1. The van der Waals surface area contributed by atoms with Crippen LogP contribution in [-0.4, -0.2) is 37.0 Å². The van der Waals surface area contributed by atoms with Crippen LogP contribution in [-0.2, 0) is 11.3 Å². The van der Waals surface area contributed by atoms with E-state index in [9.17, 15) is 4.79 Å². The molecule has 4 nitrogen and oxygen atoms in total. The van der Waals surface area contributed by atoms with Crippen LogP contribution in [0.25, 0.3) is 0 Å². The van der Waals surface area contributed by atoms with E-state index in [1.54, 1.807) is 0 Å². The standard InChI is InChI=1S/C22H29N3O/c1-22(2,3)21(26)23-19-10-7-11-20(16-19)25-14-12-24(13-15-25)17-18-8-5-4-6-9-18/h4-11,16H,12-15,17H2,1-3H3,(H,23,26). The Morgan fingerprint density at radius 2 is 1.65 bits per heavy atom. The third kappa shape index (κ3) is 4.85. The highest BCUT2D eigenvalue weighted by Gasteiger charge is 2.22. The number of carbonyl (C=O) groups is 1. The maximum Gasteiger partial charge on any atom is 0.229 e. The largest absolute Gasteiger partial charge is 0.369 e. The second-order valence-electron chi connectivity index (χ2n) is 8.00. The van der Waals surface area contributed by atoms with Gasteiger partial charge in [0.25, 0.3) is 0 Å². The van der Waals surface area contributed by atoms with Crippen LogP contribution in [0.3, 0.4) is 0 Å². The Morgan fingerprint density at radius 1 is 0.962 bits per heavy atom. The van der Waals surface area contributed by atoms with Crippen molar-refractivity contribution in [3.63, 3.8) is 0 Å². The lowest BCUT2D eigenvalue weighted by molar-refractivity contribution is -0.123. The van der Waals surface area contributed by atoms with E-state index in [4.69, 9.17) is 0 Å². The number of piperazine rings is 1. The van der Waals surface area contributed by atoms with Crippen LogP contribution in [0.5, 0.6) is 0 Å². The molecule has 0 aliphatic carbocycles. The molecule has 1 aliphatic rings. The number of rotatable bonds is 4. The molecular formula is C22H29N3O. The molecule has 1 heterocycles. The van der Waals surface area contributed by atoms with E-state index in [-0.39, 0.29) is 11.3 Å². The number of carbonyl (C=O) groups excluding carboxylic acids is 1. The lowest BCUT2D eigenvalue weighted by Gasteiger charge is -2.36. The molecule has 1 N–H and O–H groups in total. The molecule has 138 valence electrons. The van der Waals surface area contributed by atoms with Gasteiger partial charge in [-0.2, -0.15) is 0 Å². The van der Waals surface area contributed by atoms with E-state index in [1.807, 2.05) is 32.9 Å². The van der Waals surface area contributed by atoms with Crippen molar-refractivity contribution in [2.24, 2.45) is 5.41 Å². The van der Waals surface area contributed by atoms with Gasteiger partial charge < -0.3 is 10.2 Å². The summed E-state index contributed by atoms with van der Waals surface area (Å²) in [6.07, 6.45) is 0. The molecule has 1 amide bonds. The van der Waals surface area contributed by atoms with E-state index < -0.39 is 0 Å². The summed E-state index contributed by atoms with van der Waals surface area (Å²) in [5, 5.41) is 3.03. The van der Waals surface area contributed by atoms with Gasteiger partial charge in [0.2, 0.25) is 5.91 Å². The van der Waals surface area contributed by atoms with Gasteiger partial charge in [-0.15, -0.1) is 0 Å². The molecule has 0 aromatic heterocycles. The Kier molecular flexibility index (Phi) is 5.62. The molecule has 3 rings (SSSR count). The first-order valence-corrected chi connectivity index (χ1v) is 9.34. The third-order valence-electron chi connectivity index (χ3n) is 4.77. The first kappa shape index (κ1) is 18.5. The summed E-state index contributed by atoms with van der Waals surface area (Å²) in [6.45, 7) is 10.9. The summed E-state index contributed by atoms with van der Waals surface area (Å²) in [5.41, 5.74) is 3.03. The molecule has 0 unspecified atom stereocenters. The van der Waals surface area contributed by atoms with Crippen LogP contribution in [0, 0.1) is 5.41 Å². The number of benzene rings is 2. The van der Waals surface area contributed by atoms with Gasteiger partial charge in [0.15, 0.2) is 0 Å². The number of nitrogens with zero attached hydrogens (tertiary/aromatic N) is 2. The van der Waals surface area contributed by atoms with Gasteiger partial charge >= 0.3 is 0 Å². The van der Waals surface area contributed by atoms with Crippen molar-refractivity contribution in [2.45, 2.75) is 27.3 Å². The van der Waals surface area contributed by atoms with Crippen LogP contribution < -0.4 is 10.2 Å². The summed E-state index contributed by atoms with van der Waals surface area (Å²) in [6, 6.07) is 18.8. The average molecular weight is 351 g/mol. The molecule has 0 radical (unpaired) electrons. The predicted octanol–water partition coefficient (Wildman–Crippen LogP) is 3.99. The summed E-state index contributed by atoms with van der Waals surface area (Å²) in [5.74, 6) is 0.0438. The van der Waals surface area contributed by atoms with Crippen LogP contribution in [0.2, 0.25) is 0 Å². The highest BCUT2D eigenvalue weighted by atomic mass is 16.2. The summed E-state index contributed by atoms with van der Waals surface area (Å²) in [7, 11) is 0. The van der Waals surface area contributed by atoms with Crippen LogP contribution in [0.15, 0.2) is 54.6 Å². The van der Waals surface area contributed by atoms with Gasteiger partial charge in [0.05, 0.1) is 0 Å². The van der Waals surface area contributed by atoms with Crippen LogP contribution in [0.4, 0.5) is 11.4 Å². The van der Waals surface area contributed by atoms with E-state index in [1.165, 1.54) is 11.3 Å². The zero-order valence-electron chi connectivity index (χ0n) is 16.0. The maximum atomic E-state index is 12.2. The van der Waals surface area contributed by atoms with Crippen molar-refractivity contribution in [1.29, 1.82) is 0 Å². The number of amides is 1. The summed E-state index contributed by atoms with van der Waals surface area (Å²) < 4.78 is 0. The zero-order chi connectivity index (χ0) is 18.6. The zero-order valence-corrected chi connectivity index (χ0v) is 16.0. The lowest BCUT2D eigenvalue weighted by atomic mass is 9.95. The fourth-order valence-corrected chi connectivity index (χ4v) is 3.10. The normalized spacial score (nSPS) is 15.7. The molecule has 0 bridgehead atoms. The molecule has 1 fully saturated rings. The van der Waals surface area contributed by atoms with Crippen molar-refractivity contribution in [3.05, 3.63) is 60.2 Å². The minimum atomic E-state index is -0.390. The second-order valence-corrected chi connectivity index (χ2v) is 8.00. The number of hydrogen-bond donors (Lipinski definition) is 1. The molecule has 0 saturated carbocycles. The van der Waals surface area contributed by atoms with Crippen LogP contribution >= 0.6 is 0 Å². The molecule has 1 saturated heterocycles. The van der Waals surface area contributed by atoms with Crippen molar-refractivity contribution < 1.29 is 4.79 Å². The van der Waals surface area contributed by atoms with Gasteiger partial charge in [-0.3, -0.25) is 9.69 Å². The van der Waals surface area contributed by atoms with E-state index in [0.29, 0.717) is 0 Å². The monoisotopic (exact) mass is 351 g/mol. The fraction of sp³-hybridized carbons (Fsp3) is 0.409. The Bertz CT molecular complexity index is 729. The third-order valence-corrected chi connectivity index (χ3v) is 4.77. The molecule has 0 atom stereocenters. The first-order chi connectivity index (χ1) is 12.4. The van der Waals surface area contributed by atoms with E-state index in [2.05, 4.69) is 57.6 Å². The lowest BCUT2D eigenvalue weighted by Crippen LogP contribution is -2.46. The first-order valence-electron chi connectivity index (χ1n) is 9.34. The minimum Gasteiger partial charge on any atom is -0.369 e. The van der Waals surface area contributed by atoms with Crippen molar-refractivity contribution in [1.82, 2.24) is 4.90 Å². The maximum absolute atomic E-state index is 12.2. The minimum absolute atomic E-state index is 0.0438. The van der Waals surface area contributed by atoms with Gasteiger partial charge in [0.1, 0.15) is 0 Å². The second kappa shape index (κ2) is 7.92. The summed E-state index contributed by atoms with van der Waals surface area (Å²) >= 11 is 0. The molecule has 26 heavy (non-hydrogen) atoms. The highest BCUT2D eigenvalue weighted by Crippen LogP contribution is 2.23. The van der Waals surface area contributed by atoms with E-state index >= 15 is 0 Å². The average Bonchev–Trinajstić information content (AvgIpc) is 2.63.